The average molecular weight is 760 g/mol. The molecule has 0 heterocycles. The van der Waals surface area contributed by atoms with Gasteiger partial charge in [-0.15, -0.1) is 92.3 Å². The molecule has 43 heavy (non-hydrogen) atoms. The van der Waals surface area contributed by atoms with Gasteiger partial charge in [-0.25, -0.2) is 0 Å². The second-order valence-corrected chi connectivity index (χ2v) is 10.6. The molecule has 0 aliphatic rings. The van der Waals surface area contributed by atoms with Crippen LogP contribution in [0.3, 0.4) is 0 Å². The van der Waals surface area contributed by atoms with Crippen molar-refractivity contribution in [2.75, 3.05) is 0 Å². The van der Waals surface area contributed by atoms with Gasteiger partial charge in [0.2, 0.25) is 0 Å². The van der Waals surface area contributed by atoms with Crippen LogP contribution in [0.2, 0.25) is 0 Å². The zero-order valence-electron chi connectivity index (χ0n) is 24.1. The fourth-order valence-electron chi connectivity index (χ4n) is 6.34. The maximum absolute atomic E-state index is 2.28. The third kappa shape index (κ3) is 6.00. The predicted octanol–water partition coefficient (Wildman–Crippen LogP) is 5.38. The molecule has 0 spiro atoms. The van der Waals surface area contributed by atoms with Crippen molar-refractivity contribution in [2.45, 2.75) is 13.8 Å². The molecular weight excluding hydrogens is 730 g/mol. The summed E-state index contributed by atoms with van der Waals surface area (Å²) in [6.45, 7) is 4.41. The Balaban J connectivity index is 0.000000184. The van der Waals surface area contributed by atoms with Gasteiger partial charge in [-0.05, 0) is 21.5 Å². The molecule has 0 nitrogen and oxygen atoms in total. The Morgan fingerprint density at radius 2 is 0.698 bits per heavy atom. The summed E-state index contributed by atoms with van der Waals surface area (Å²) in [5, 5.41) is 10.6. The number of hydrogen-bond donors (Lipinski definition) is 0. The zero-order chi connectivity index (χ0) is 27.1. The number of fused-ring (bicyclic) bond motifs is 4. The first-order valence-electron chi connectivity index (χ1n) is 14.0. The van der Waals surface area contributed by atoms with Crippen molar-refractivity contribution in [2.24, 2.45) is 0 Å². The summed E-state index contributed by atoms with van der Waals surface area (Å²) in [4.78, 5) is 0. The standard InChI is InChI=1S/2C20H15.2ClH.Hf/c2*1-14-13-16-8-3-5-11-18(16)20(14)19-12-6-9-15-7-2-4-10-17(15)19;;;/h2*2-13H,1H3;2*1H;/q2*-1;;;+4/p-2. The molecule has 0 unspecified atom stereocenters. The maximum atomic E-state index is 2.28. The SMILES string of the molecule is Cc1[cH-]c2ccccc2c1-c1cccc2ccccc12.Cc1[cH-]c2ccccc2c1-c1cccc2ccccc12.[Cl-].[Cl-].[Hf+4]. The molecule has 0 radical (unpaired) electrons. The molecule has 0 atom stereocenters. The van der Waals surface area contributed by atoms with Crippen LogP contribution in [-0.4, -0.2) is 0 Å². The molecule has 0 saturated carbocycles. The molecule has 0 aromatic heterocycles. The molecule has 8 rings (SSSR count). The van der Waals surface area contributed by atoms with E-state index in [0.29, 0.717) is 0 Å². The first kappa shape index (κ1) is 32.4. The Kier molecular flexibility index (Phi) is 10.5. The minimum Gasteiger partial charge on any atom is -1.00 e. The molecule has 0 saturated heterocycles. The van der Waals surface area contributed by atoms with E-state index in [0.717, 1.165) is 0 Å². The first-order valence-corrected chi connectivity index (χ1v) is 14.0. The van der Waals surface area contributed by atoms with E-state index in [1.807, 2.05) is 0 Å². The van der Waals surface area contributed by atoms with Crippen molar-refractivity contribution in [3.8, 4) is 22.3 Å². The van der Waals surface area contributed by atoms with Crippen LogP contribution in [-0.2, 0) is 25.8 Å². The van der Waals surface area contributed by atoms with E-state index in [4.69, 9.17) is 0 Å². The van der Waals surface area contributed by atoms with Gasteiger partial charge in [0.05, 0.1) is 0 Å². The molecule has 0 amide bonds. The minimum absolute atomic E-state index is 0. The van der Waals surface area contributed by atoms with Crippen molar-refractivity contribution in [3.63, 3.8) is 0 Å². The summed E-state index contributed by atoms with van der Waals surface area (Å²) in [7, 11) is 0. The quantitative estimate of drug-likeness (QED) is 0.164. The van der Waals surface area contributed by atoms with E-state index in [9.17, 15) is 0 Å². The topological polar surface area (TPSA) is 0 Å². The number of hydrogen-bond acceptors (Lipinski definition) is 0. The molecular formula is C40H30Cl2Hf. The third-order valence-electron chi connectivity index (χ3n) is 8.11. The van der Waals surface area contributed by atoms with Gasteiger partial charge in [-0.2, -0.15) is 0 Å². The van der Waals surface area contributed by atoms with Gasteiger partial charge >= 0.3 is 25.8 Å². The smallest absolute Gasteiger partial charge is 1.00 e. The maximum Gasteiger partial charge on any atom is 4.00 e. The summed E-state index contributed by atoms with van der Waals surface area (Å²) in [6.07, 6.45) is 0. The van der Waals surface area contributed by atoms with Crippen molar-refractivity contribution in [1.82, 2.24) is 0 Å². The van der Waals surface area contributed by atoms with E-state index in [2.05, 4.69) is 159 Å². The van der Waals surface area contributed by atoms with Crippen molar-refractivity contribution in [1.29, 1.82) is 0 Å². The van der Waals surface area contributed by atoms with Crippen molar-refractivity contribution >= 4 is 43.1 Å². The Bertz CT molecular complexity index is 1980. The molecule has 3 heteroatoms. The van der Waals surface area contributed by atoms with Crippen LogP contribution in [0.25, 0.3) is 65.3 Å². The summed E-state index contributed by atoms with van der Waals surface area (Å²) in [5.41, 5.74) is 8.11. The van der Waals surface area contributed by atoms with Gasteiger partial charge < -0.3 is 24.8 Å². The molecule has 8 aromatic carbocycles. The van der Waals surface area contributed by atoms with Crippen LogP contribution in [0, 0.1) is 13.8 Å². The number of rotatable bonds is 2. The van der Waals surface area contributed by atoms with Gasteiger partial charge in [0.15, 0.2) is 0 Å². The normalized spacial score (nSPS) is 10.5. The number of halogens is 2. The fraction of sp³-hybridized carbons (Fsp3) is 0.0500. The minimum atomic E-state index is 0. The van der Waals surface area contributed by atoms with Crippen LogP contribution in [0.1, 0.15) is 11.1 Å². The largest absolute Gasteiger partial charge is 4.00 e. The Morgan fingerprint density at radius 3 is 1.12 bits per heavy atom. The Labute approximate surface area is 284 Å². The van der Waals surface area contributed by atoms with E-state index in [-0.39, 0.29) is 50.7 Å². The Hall–Kier alpha value is -3.49. The van der Waals surface area contributed by atoms with Gasteiger partial charge in [-0.1, -0.05) is 122 Å². The molecule has 0 fully saturated rings. The summed E-state index contributed by atoms with van der Waals surface area (Å²) >= 11 is 0. The second kappa shape index (κ2) is 13.9. The van der Waals surface area contributed by atoms with Gasteiger partial charge in [0.1, 0.15) is 0 Å². The summed E-state index contributed by atoms with van der Waals surface area (Å²) in [5.74, 6) is 0. The number of benzene rings is 6. The average Bonchev–Trinajstić information content (AvgIpc) is 3.51. The van der Waals surface area contributed by atoms with Gasteiger partial charge in [0, 0.05) is 0 Å². The fourth-order valence-corrected chi connectivity index (χ4v) is 6.34. The summed E-state index contributed by atoms with van der Waals surface area (Å²) in [6, 6.07) is 52.2. The molecule has 0 N–H and O–H groups in total. The van der Waals surface area contributed by atoms with Gasteiger partial charge in [0.25, 0.3) is 0 Å². The molecule has 0 bridgehead atoms. The second-order valence-electron chi connectivity index (χ2n) is 10.6. The van der Waals surface area contributed by atoms with Crippen LogP contribution in [0.15, 0.2) is 146 Å². The van der Waals surface area contributed by atoms with E-state index in [1.165, 1.54) is 76.5 Å². The number of aryl methyl sites for hydroxylation is 2. The van der Waals surface area contributed by atoms with Gasteiger partial charge in [-0.3, -0.25) is 0 Å². The van der Waals surface area contributed by atoms with Crippen LogP contribution in [0.4, 0.5) is 0 Å². The van der Waals surface area contributed by atoms with E-state index >= 15 is 0 Å². The zero-order valence-corrected chi connectivity index (χ0v) is 29.2. The van der Waals surface area contributed by atoms with E-state index < -0.39 is 0 Å². The predicted molar refractivity (Wildman–Crippen MR) is 174 cm³/mol. The Morgan fingerprint density at radius 1 is 0.372 bits per heavy atom. The van der Waals surface area contributed by atoms with Crippen molar-refractivity contribution in [3.05, 3.63) is 157 Å². The molecule has 208 valence electrons. The first-order chi connectivity index (χ1) is 19.7. The van der Waals surface area contributed by atoms with E-state index in [1.54, 1.807) is 0 Å². The third-order valence-corrected chi connectivity index (χ3v) is 8.11. The molecule has 8 aromatic rings. The van der Waals surface area contributed by atoms with Crippen LogP contribution in [0.5, 0.6) is 0 Å². The monoisotopic (exact) mass is 760 g/mol. The molecule has 0 aliphatic carbocycles. The van der Waals surface area contributed by atoms with Crippen LogP contribution < -0.4 is 24.8 Å². The van der Waals surface area contributed by atoms with Crippen molar-refractivity contribution < 1.29 is 50.7 Å². The summed E-state index contributed by atoms with van der Waals surface area (Å²) < 4.78 is 0. The molecule has 0 aliphatic heterocycles. The van der Waals surface area contributed by atoms with Crippen LogP contribution >= 0.6 is 0 Å².